The van der Waals surface area contributed by atoms with Gasteiger partial charge in [-0.1, -0.05) is 6.07 Å². The molecule has 5 aromatic rings. The van der Waals surface area contributed by atoms with E-state index < -0.39 is 17.8 Å². The molecule has 57 heavy (non-hydrogen) atoms. The van der Waals surface area contributed by atoms with E-state index in [2.05, 4.69) is 40.7 Å². The number of hydrogen-bond donors (Lipinski definition) is 3. The third-order valence-corrected chi connectivity index (χ3v) is 11.0. The first-order chi connectivity index (χ1) is 27.6. The van der Waals surface area contributed by atoms with Crippen molar-refractivity contribution in [3.8, 4) is 11.3 Å². The van der Waals surface area contributed by atoms with Crippen molar-refractivity contribution in [3.63, 3.8) is 0 Å². The van der Waals surface area contributed by atoms with Crippen LogP contribution in [0.15, 0.2) is 91.4 Å². The summed E-state index contributed by atoms with van der Waals surface area (Å²) in [6.45, 7) is 4.16. The molecule has 2 aromatic heterocycles. The second kappa shape index (κ2) is 15.9. The highest BCUT2D eigenvalue weighted by molar-refractivity contribution is 6.06. The molecule has 1 unspecified atom stereocenters. The number of rotatable bonds is 10. The number of pyridine rings is 1. The Hall–Kier alpha value is -6.54. The summed E-state index contributed by atoms with van der Waals surface area (Å²) >= 11 is 0. The molecule has 0 saturated carbocycles. The van der Waals surface area contributed by atoms with Gasteiger partial charge in [0, 0.05) is 96.5 Å². The fraction of sp³-hybridized carbons (Fsp3) is 0.279. The number of imide groups is 1. The van der Waals surface area contributed by atoms with Crippen LogP contribution in [0.25, 0.3) is 11.3 Å². The van der Waals surface area contributed by atoms with E-state index in [1.807, 2.05) is 74.6 Å². The number of amides is 4. The van der Waals surface area contributed by atoms with Crippen molar-refractivity contribution in [2.75, 3.05) is 35.7 Å². The summed E-state index contributed by atoms with van der Waals surface area (Å²) in [5.74, 6) is -1.46. The number of carbonyl (C=O) groups is 4. The van der Waals surface area contributed by atoms with Crippen LogP contribution < -0.4 is 20.9 Å². The molecule has 0 aliphatic carbocycles. The van der Waals surface area contributed by atoms with Gasteiger partial charge in [-0.15, -0.1) is 0 Å². The average molecular weight is 768 g/mol. The van der Waals surface area contributed by atoms with Gasteiger partial charge >= 0.3 is 0 Å². The molecule has 14 heteroatoms. The third-order valence-electron chi connectivity index (χ3n) is 11.0. The zero-order valence-electron chi connectivity index (χ0n) is 31.7. The number of fused-ring (bicyclic) bond motifs is 1. The van der Waals surface area contributed by atoms with Gasteiger partial charge in [-0.05, 0) is 111 Å². The van der Waals surface area contributed by atoms with Crippen LogP contribution in [0.3, 0.4) is 0 Å². The quantitative estimate of drug-likeness (QED) is 0.148. The minimum absolute atomic E-state index is 0.166. The molecule has 4 amide bonds. The molecular weight excluding hydrogens is 726 g/mol. The van der Waals surface area contributed by atoms with E-state index in [-0.39, 0.29) is 48.7 Å². The van der Waals surface area contributed by atoms with Gasteiger partial charge in [0.2, 0.25) is 17.8 Å². The number of anilines is 4. The molecule has 0 spiro atoms. The maximum Gasteiger partial charge on any atom is 0.255 e. The Kier molecular flexibility index (Phi) is 10.4. The first-order valence-corrected chi connectivity index (χ1v) is 19.0. The summed E-state index contributed by atoms with van der Waals surface area (Å²) in [5, 5.41) is 8.59. The molecule has 3 aliphatic rings. The summed E-state index contributed by atoms with van der Waals surface area (Å²) in [5.41, 5.74) is 7.03. The number of carbonyl (C=O) groups excluding carboxylic acids is 4. The van der Waals surface area contributed by atoms with Gasteiger partial charge in [0.25, 0.3) is 11.8 Å². The molecule has 3 aliphatic heterocycles. The van der Waals surface area contributed by atoms with Crippen LogP contribution >= 0.6 is 0 Å². The number of nitrogens with zero attached hydrogens (tertiary/aromatic N) is 6. The van der Waals surface area contributed by atoms with Crippen LogP contribution in [0.1, 0.15) is 63.1 Å². The normalized spacial score (nSPS) is 17.1. The fourth-order valence-electron chi connectivity index (χ4n) is 7.80. The zero-order valence-corrected chi connectivity index (χ0v) is 31.7. The van der Waals surface area contributed by atoms with Crippen LogP contribution in [-0.2, 0) is 22.7 Å². The van der Waals surface area contributed by atoms with Gasteiger partial charge in [0.1, 0.15) is 11.9 Å². The highest BCUT2D eigenvalue weighted by atomic mass is 19.1. The Balaban J connectivity index is 0.841. The Bertz CT molecular complexity index is 2350. The number of benzene rings is 3. The summed E-state index contributed by atoms with van der Waals surface area (Å²) in [6, 6.07) is 21.4. The lowest BCUT2D eigenvalue weighted by Crippen LogP contribution is -2.52. The average Bonchev–Trinajstić information content (AvgIpc) is 3.53. The van der Waals surface area contributed by atoms with E-state index in [1.54, 1.807) is 24.7 Å². The summed E-state index contributed by atoms with van der Waals surface area (Å²) in [4.78, 5) is 69.5. The predicted octanol–water partition coefficient (Wildman–Crippen LogP) is 5.84. The monoisotopic (exact) mass is 767 g/mol. The standard InChI is InChI=1S/C43H42FN9O4/c1-26-5-8-31(21-37(26)49-43-46-17-13-36(48-43)28-4-3-16-45-23-28)47-40(55)27-6-9-33(10-7-27)52-18-14-32(15-19-52)51(2)24-30-20-29-25-53(42(57)34(29)22-35(30)44)38-11-12-39(54)50-41(38)56/h3-10,13,16-17,20-23,32,38H,11-12,14-15,18-19,24-25H2,1-2H3,(H,47,55)(H,46,48,49)(H,50,54,56). The van der Waals surface area contributed by atoms with Crippen molar-refractivity contribution in [1.82, 2.24) is 30.1 Å². The molecule has 5 heterocycles. The van der Waals surface area contributed by atoms with Crippen LogP contribution in [0.5, 0.6) is 0 Å². The molecule has 2 fully saturated rings. The van der Waals surface area contributed by atoms with Gasteiger partial charge < -0.3 is 20.4 Å². The molecule has 1 atom stereocenters. The van der Waals surface area contributed by atoms with Crippen molar-refractivity contribution < 1.29 is 23.6 Å². The van der Waals surface area contributed by atoms with Crippen molar-refractivity contribution >= 4 is 46.6 Å². The summed E-state index contributed by atoms with van der Waals surface area (Å²) in [6.07, 6.45) is 7.32. The Morgan fingerprint density at radius 3 is 2.54 bits per heavy atom. The lowest BCUT2D eigenvalue weighted by molar-refractivity contribution is -0.136. The number of hydrogen-bond acceptors (Lipinski definition) is 10. The second-order valence-electron chi connectivity index (χ2n) is 14.8. The van der Waals surface area contributed by atoms with Crippen molar-refractivity contribution in [3.05, 3.63) is 125 Å². The maximum atomic E-state index is 15.3. The van der Waals surface area contributed by atoms with E-state index in [1.165, 1.54) is 11.0 Å². The Labute approximate surface area is 329 Å². The topological polar surface area (TPSA) is 153 Å². The number of nitrogens with one attached hydrogen (secondary N) is 3. The summed E-state index contributed by atoms with van der Waals surface area (Å²) < 4.78 is 15.3. The third kappa shape index (κ3) is 8.07. The lowest BCUT2D eigenvalue weighted by Gasteiger charge is -2.38. The molecule has 0 bridgehead atoms. The van der Waals surface area contributed by atoms with Gasteiger partial charge in [-0.2, -0.15) is 0 Å². The van der Waals surface area contributed by atoms with Gasteiger partial charge in [0.05, 0.1) is 5.69 Å². The lowest BCUT2D eigenvalue weighted by atomic mass is 10.0. The number of aromatic nitrogens is 3. The molecule has 3 N–H and O–H groups in total. The number of halogens is 1. The van der Waals surface area contributed by atoms with E-state index in [4.69, 9.17) is 0 Å². The van der Waals surface area contributed by atoms with E-state index in [9.17, 15) is 19.2 Å². The Morgan fingerprint density at radius 1 is 0.982 bits per heavy atom. The van der Waals surface area contributed by atoms with Gasteiger partial charge in [0.15, 0.2) is 0 Å². The van der Waals surface area contributed by atoms with Crippen molar-refractivity contribution in [1.29, 1.82) is 0 Å². The minimum Gasteiger partial charge on any atom is -0.371 e. The van der Waals surface area contributed by atoms with Crippen LogP contribution in [0, 0.1) is 12.7 Å². The van der Waals surface area contributed by atoms with Crippen LogP contribution in [0.4, 0.5) is 27.4 Å². The van der Waals surface area contributed by atoms with E-state index in [0.717, 1.165) is 54.1 Å². The number of piperidine rings is 2. The fourth-order valence-corrected chi connectivity index (χ4v) is 7.80. The number of aryl methyl sites for hydroxylation is 1. The van der Waals surface area contributed by atoms with Crippen LogP contribution in [-0.4, -0.2) is 80.6 Å². The maximum absolute atomic E-state index is 15.3. The predicted molar refractivity (Wildman–Crippen MR) is 213 cm³/mol. The SMILES string of the molecule is Cc1ccc(NC(=O)c2ccc(N3CCC(N(C)Cc4cc5c(cc4F)C(=O)N(C4CCC(=O)NC4=O)C5)CC3)cc2)cc1Nc1nccc(-c2cccnc2)n1. The molecule has 3 aromatic carbocycles. The molecule has 290 valence electrons. The molecular formula is C43H42FN9O4. The van der Waals surface area contributed by atoms with Gasteiger partial charge in [-0.3, -0.25) is 34.4 Å². The molecule has 2 saturated heterocycles. The second-order valence-corrected chi connectivity index (χ2v) is 14.8. The first-order valence-electron chi connectivity index (χ1n) is 19.0. The van der Waals surface area contributed by atoms with Crippen molar-refractivity contribution in [2.24, 2.45) is 0 Å². The highest BCUT2D eigenvalue weighted by Crippen LogP contribution is 2.31. The smallest absolute Gasteiger partial charge is 0.255 e. The molecule has 13 nitrogen and oxygen atoms in total. The summed E-state index contributed by atoms with van der Waals surface area (Å²) in [7, 11) is 1.99. The Morgan fingerprint density at radius 2 is 1.79 bits per heavy atom. The van der Waals surface area contributed by atoms with Gasteiger partial charge in [-0.25, -0.2) is 14.4 Å². The van der Waals surface area contributed by atoms with E-state index in [0.29, 0.717) is 34.9 Å². The van der Waals surface area contributed by atoms with E-state index >= 15 is 4.39 Å². The van der Waals surface area contributed by atoms with Crippen LogP contribution in [0.2, 0.25) is 0 Å². The van der Waals surface area contributed by atoms with Crippen molar-refractivity contribution in [2.45, 2.75) is 57.8 Å². The molecule has 0 radical (unpaired) electrons. The molecule has 8 rings (SSSR count). The first kappa shape index (κ1) is 37.4. The highest BCUT2D eigenvalue weighted by Gasteiger charge is 2.39. The largest absolute Gasteiger partial charge is 0.371 e. The zero-order chi connectivity index (χ0) is 39.6. The minimum atomic E-state index is -0.740.